The van der Waals surface area contributed by atoms with Crippen LogP contribution in [0.2, 0.25) is 0 Å². The summed E-state index contributed by atoms with van der Waals surface area (Å²) in [5.41, 5.74) is 2.94. The molecule has 1 amide bonds. The molecule has 2 aromatic carbocycles. The van der Waals surface area contributed by atoms with E-state index in [4.69, 9.17) is 4.74 Å². The minimum atomic E-state index is -3.50. The third-order valence-electron chi connectivity index (χ3n) is 5.31. The molecule has 1 fully saturated rings. The van der Waals surface area contributed by atoms with Gasteiger partial charge in [-0.05, 0) is 61.1 Å². The number of amides is 1. The van der Waals surface area contributed by atoms with Crippen molar-refractivity contribution in [2.24, 2.45) is 0 Å². The third-order valence-corrected chi connectivity index (χ3v) is 7.21. The molecular formula is C22H28N2O4S. The first kappa shape index (κ1) is 21.3. The lowest BCUT2D eigenvalue weighted by atomic mass is 10.1. The van der Waals surface area contributed by atoms with Crippen LogP contribution in [-0.4, -0.2) is 38.8 Å². The van der Waals surface area contributed by atoms with Crippen LogP contribution in [0, 0.1) is 6.92 Å². The Morgan fingerprint density at radius 3 is 2.52 bits per heavy atom. The molecule has 0 bridgehead atoms. The van der Waals surface area contributed by atoms with Crippen LogP contribution in [-0.2, 0) is 27.8 Å². The first-order chi connectivity index (χ1) is 13.9. The first-order valence-electron chi connectivity index (χ1n) is 9.90. The van der Waals surface area contributed by atoms with Crippen LogP contribution in [0.3, 0.4) is 0 Å². The molecule has 1 aliphatic heterocycles. The van der Waals surface area contributed by atoms with E-state index in [9.17, 15) is 13.2 Å². The van der Waals surface area contributed by atoms with Crippen molar-refractivity contribution >= 4 is 15.9 Å². The average Bonchev–Trinajstić information content (AvgIpc) is 3.27. The van der Waals surface area contributed by atoms with E-state index in [0.717, 1.165) is 29.5 Å². The topological polar surface area (TPSA) is 75.7 Å². The van der Waals surface area contributed by atoms with Crippen molar-refractivity contribution in [2.45, 2.75) is 44.0 Å². The summed E-state index contributed by atoms with van der Waals surface area (Å²) in [5, 5.41) is 2.93. The molecule has 0 unspecified atom stereocenters. The van der Waals surface area contributed by atoms with E-state index in [1.807, 2.05) is 31.2 Å². The molecule has 0 aromatic heterocycles. The third kappa shape index (κ3) is 5.16. The van der Waals surface area contributed by atoms with Gasteiger partial charge < -0.3 is 10.1 Å². The Hall–Kier alpha value is -2.38. The predicted octanol–water partition coefficient (Wildman–Crippen LogP) is 3.04. The van der Waals surface area contributed by atoms with Crippen molar-refractivity contribution in [1.29, 1.82) is 0 Å². The van der Waals surface area contributed by atoms with Crippen LogP contribution in [0.1, 0.15) is 36.0 Å². The molecule has 156 valence electrons. The maximum atomic E-state index is 12.8. The van der Waals surface area contributed by atoms with Crippen molar-refractivity contribution in [2.75, 3.05) is 20.2 Å². The van der Waals surface area contributed by atoms with Gasteiger partial charge in [0.15, 0.2) is 0 Å². The monoisotopic (exact) mass is 416 g/mol. The number of hydrogen-bond donors (Lipinski definition) is 1. The number of benzene rings is 2. The molecule has 1 heterocycles. The molecule has 0 aliphatic carbocycles. The Morgan fingerprint density at radius 1 is 1.10 bits per heavy atom. The summed E-state index contributed by atoms with van der Waals surface area (Å²) in [4.78, 5) is 12.6. The van der Waals surface area contributed by atoms with Crippen LogP contribution < -0.4 is 10.1 Å². The Balaban J connectivity index is 1.66. The number of carbonyl (C=O) groups excluding carboxylic acids is 1. The van der Waals surface area contributed by atoms with Gasteiger partial charge in [-0.25, -0.2) is 8.42 Å². The summed E-state index contributed by atoms with van der Waals surface area (Å²) in [7, 11) is -1.95. The van der Waals surface area contributed by atoms with Gasteiger partial charge in [0.05, 0.1) is 12.0 Å². The van der Waals surface area contributed by atoms with Crippen LogP contribution in [0.25, 0.3) is 0 Å². The molecule has 0 radical (unpaired) electrons. The second-order valence-corrected chi connectivity index (χ2v) is 9.23. The average molecular weight is 417 g/mol. The molecule has 2 aromatic rings. The lowest BCUT2D eigenvalue weighted by molar-refractivity contribution is -0.121. The molecule has 1 aliphatic rings. The Bertz CT molecular complexity index is 967. The van der Waals surface area contributed by atoms with Crippen LogP contribution in [0.5, 0.6) is 5.75 Å². The molecular weight excluding hydrogens is 388 g/mol. The minimum Gasteiger partial charge on any atom is -0.496 e. The van der Waals surface area contributed by atoms with Crippen LogP contribution in [0.15, 0.2) is 47.4 Å². The Kier molecular flexibility index (Phi) is 6.92. The number of carbonyl (C=O) groups is 1. The summed E-state index contributed by atoms with van der Waals surface area (Å²) >= 11 is 0. The zero-order chi connectivity index (χ0) is 20.9. The van der Waals surface area contributed by atoms with Gasteiger partial charge in [-0.2, -0.15) is 4.31 Å². The van der Waals surface area contributed by atoms with Crippen LogP contribution in [0.4, 0.5) is 0 Å². The minimum absolute atomic E-state index is 0.0805. The quantitative estimate of drug-likeness (QED) is 0.718. The predicted molar refractivity (Wildman–Crippen MR) is 112 cm³/mol. The van der Waals surface area contributed by atoms with E-state index < -0.39 is 10.0 Å². The maximum Gasteiger partial charge on any atom is 0.243 e. The molecule has 7 heteroatoms. The highest BCUT2D eigenvalue weighted by Crippen LogP contribution is 2.27. The van der Waals surface area contributed by atoms with Crippen molar-refractivity contribution in [3.05, 3.63) is 59.2 Å². The molecule has 0 atom stereocenters. The largest absolute Gasteiger partial charge is 0.496 e. The van der Waals surface area contributed by atoms with Gasteiger partial charge in [0.1, 0.15) is 5.75 Å². The maximum absolute atomic E-state index is 12.8. The fourth-order valence-electron chi connectivity index (χ4n) is 3.53. The van der Waals surface area contributed by atoms with E-state index in [-0.39, 0.29) is 17.2 Å². The molecule has 6 nitrogen and oxygen atoms in total. The summed E-state index contributed by atoms with van der Waals surface area (Å²) < 4.78 is 32.5. The number of nitrogens with zero attached hydrogens (tertiary/aromatic N) is 1. The molecule has 29 heavy (non-hydrogen) atoms. The lowest BCUT2D eigenvalue weighted by Crippen LogP contribution is -2.28. The van der Waals surface area contributed by atoms with Gasteiger partial charge in [0, 0.05) is 26.1 Å². The standard InChI is InChI=1S/C22H28N2O4S/c1-17-7-3-4-8-19(17)16-23-22(25)12-9-18-15-20(10-11-21(18)28-2)29(26,27)24-13-5-6-14-24/h3-4,7-8,10-11,15H,5-6,9,12-14,16H2,1-2H3,(H,23,25). The summed E-state index contributed by atoms with van der Waals surface area (Å²) in [6, 6.07) is 12.8. The number of sulfonamides is 1. The fraction of sp³-hybridized carbons (Fsp3) is 0.409. The van der Waals surface area contributed by atoms with Crippen molar-refractivity contribution in [3.63, 3.8) is 0 Å². The van der Waals surface area contributed by atoms with Gasteiger partial charge in [0.2, 0.25) is 15.9 Å². The zero-order valence-electron chi connectivity index (χ0n) is 17.0. The second-order valence-electron chi connectivity index (χ2n) is 7.29. The molecule has 0 spiro atoms. The van der Waals surface area contributed by atoms with Crippen molar-refractivity contribution < 1.29 is 17.9 Å². The van der Waals surface area contributed by atoms with Gasteiger partial charge in [-0.1, -0.05) is 24.3 Å². The van der Waals surface area contributed by atoms with E-state index in [1.54, 1.807) is 25.3 Å². The summed E-state index contributed by atoms with van der Waals surface area (Å²) in [5.74, 6) is 0.514. The van der Waals surface area contributed by atoms with Crippen LogP contribution >= 0.6 is 0 Å². The van der Waals surface area contributed by atoms with Gasteiger partial charge in [0.25, 0.3) is 0 Å². The first-order valence-corrected chi connectivity index (χ1v) is 11.3. The van der Waals surface area contributed by atoms with E-state index >= 15 is 0 Å². The van der Waals surface area contributed by atoms with Gasteiger partial charge in [-0.15, -0.1) is 0 Å². The van der Waals surface area contributed by atoms with E-state index in [2.05, 4.69) is 5.32 Å². The molecule has 3 rings (SSSR count). The normalized spacial score (nSPS) is 14.7. The Labute approximate surface area is 172 Å². The fourth-order valence-corrected chi connectivity index (χ4v) is 5.10. The SMILES string of the molecule is COc1ccc(S(=O)(=O)N2CCCC2)cc1CCC(=O)NCc1ccccc1C. The molecule has 0 saturated carbocycles. The Morgan fingerprint density at radius 2 is 1.83 bits per heavy atom. The number of rotatable bonds is 8. The van der Waals surface area contributed by atoms with Crippen molar-refractivity contribution in [3.8, 4) is 5.75 Å². The van der Waals surface area contributed by atoms with E-state index in [1.165, 1.54) is 4.31 Å². The van der Waals surface area contributed by atoms with Crippen molar-refractivity contribution in [1.82, 2.24) is 9.62 Å². The number of ether oxygens (including phenoxy) is 1. The number of aryl methyl sites for hydroxylation is 2. The van der Waals surface area contributed by atoms with Gasteiger partial charge >= 0.3 is 0 Å². The highest BCUT2D eigenvalue weighted by Gasteiger charge is 2.27. The highest BCUT2D eigenvalue weighted by atomic mass is 32.2. The summed E-state index contributed by atoms with van der Waals surface area (Å²) in [6.07, 6.45) is 2.45. The van der Waals surface area contributed by atoms with E-state index in [0.29, 0.717) is 31.8 Å². The zero-order valence-corrected chi connectivity index (χ0v) is 17.8. The highest BCUT2D eigenvalue weighted by molar-refractivity contribution is 7.89. The molecule has 1 saturated heterocycles. The molecule has 1 N–H and O–H groups in total. The smallest absolute Gasteiger partial charge is 0.243 e. The number of nitrogens with one attached hydrogen (secondary N) is 1. The summed E-state index contributed by atoms with van der Waals surface area (Å²) in [6.45, 7) is 3.61. The lowest BCUT2D eigenvalue weighted by Gasteiger charge is -2.17. The number of methoxy groups -OCH3 is 1. The number of hydrogen-bond acceptors (Lipinski definition) is 4. The second kappa shape index (κ2) is 9.41. The van der Waals surface area contributed by atoms with Gasteiger partial charge in [-0.3, -0.25) is 4.79 Å².